The molecule has 5 heteroatoms. The maximum absolute atomic E-state index is 13.7. The molecule has 0 radical (unpaired) electrons. The summed E-state index contributed by atoms with van der Waals surface area (Å²) in [5.74, 6) is 0.247. The van der Waals surface area contributed by atoms with Crippen LogP contribution < -0.4 is 0 Å². The minimum atomic E-state index is -0.331. The van der Waals surface area contributed by atoms with Crippen LogP contribution in [0.1, 0.15) is 10.8 Å². The van der Waals surface area contributed by atoms with Crippen molar-refractivity contribution in [1.82, 2.24) is 4.98 Å². The molecule has 0 aliphatic rings. The average molecular weight is 296 g/mol. The molecule has 0 aliphatic heterocycles. The van der Waals surface area contributed by atoms with E-state index in [1.165, 1.54) is 23.7 Å². The molecule has 3 rings (SSSR count). The van der Waals surface area contributed by atoms with Crippen LogP contribution in [0.25, 0.3) is 22.9 Å². The van der Waals surface area contributed by atoms with Gasteiger partial charge in [-0.3, -0.25) is 0 Å². The second-order valence-corrected chi connectivity index (χ2v) is 5.06. The highest BCUT2D eigenvalue weighted by Crippen LogP contribution is 2.28. The molecule has 0 N–H and O–H groups in total. The largest absolute Gasteiger partial charge is 0.465 e. The Morgan fingerprint density at radius 1 is 1.29 bits per heavy atom. The van der Waals surface area contributed by atoms with Crippen LogP contribution in [0.3, 0.4) is 0 Å². The molecule has 3 aromatic rings. The van der Waals surface area contributed by atoms with Crippen molar-refractivity contribution in [3.8, 4) is 17.3 Å². The molecule has 0 saturated carbocycles. The average Bonchev–Trinajstić information content (AvgIpc) is 3.17. The van der Waals surface area contributed by atoms with E-state index in [2.05, 4.69) is 11.1 Å². The fraction of sp³-hybridized carbons (Fsp3) is 0. The van der Waals surface area contributed by atoms with E-state index in [-0.39, 0.29) is 5.82 Å². The van der Waals surface area contributed by atoms with Gasteiger partial charge in [-0.05, 0) is 24.3 Å². The first-order chi connectivity index (χ1) is 10.3. The van der Waals surface area contributed by atoms with E-state index >= 15 is 0 Å². The predicted octanol–water partition coefficient (Wildman–Crippen LogP) is 4.61. The van der Waals surface area contributed by atoms with E-state index in [1.807, 2.05) is 0 Å². The van der Waals surface area contributed by atoms with Gasteiger partial charge in [0.2, 0.25) is 0 Å². The number of hydrogen-bond acceptors (Lipinski definition) is 4. The molecule has 0 saturated heterocycles. The Hall–Kier alpha value is -2.71. The Morgan fingerprint density at radius 3 is 2.86 bits per heavy atom. The fourth-order valence-corrected chi connectivity index (χ4v) is 2.63. The second-order valence-electron chi connectivity index (χ2n) is 4.20. The number of rotatable bonds is 3. The van der Waals surface area contributed by atoms with Gasteiger partial charge >= 0.3 is 0 Å². The smallest absolute Gasteiger partial charge is 0.134 e. The molecule has 0 fully saturated rings. The summed E-state index contributed by atoms with van der Waals surface area (Å²) in [5, 5.41) is 11.5. The summed E-state index contributed by atoms with van der Waals surface area (Å²) in [6.07, 6.45) is 3.15. The number of nitrogens with zero attached hydrogens (tertiary/aromatic N) is 2. The van der Waals surface area contributed by atoms with Crippen molar-refractivity contribution in [3.05, 3.63) is 64.6 Å². The molecule has 0 unspecified atom stereocenters. The zero-order valence-electron chi connectivity index (χ0n) is 10.8. The number of furan rings is 1. The number of allylic oxidation sites excluding steroid dienone is 1. The number of hydrogen-bond donors (Lipinski definition) is 0. The van der Waals surface area contributed by atoms with Crippen LogP contribution >= 0.6 is 11.3 Å². The highest BCUT2D eigenvalue weighted by atomic mass is 32.1. The van der Waals surface area contributed by atoms with Gasteiger partial charge in [-0.15, -0.1) is 11.3 Å². The summed E-state index contributed by atoms with van der Waals surface area (Å²) in [7, 11) is 0. The van der Waals surface area contributed by atoms with Gasteiger partial charge in [-0.25, -0.2) is 9.37 Å². The molecular formula is C16H9FN2OS. The number of halogens is 1. The maximum atomic E-state index is 13.7. The Morgan fingerprint density at radius 2 is 2.14 bits per heavy atom. The van der Waals surface area contributed by atoms with Crippen LogP contribution in [-0.4, -0.2) is 4.98 Å². The van der Waals surface area contributed by atoms with Crippen LogP contribution in [0.5, 0.6) is 0 Å². The van der Waals surface area contributed by atoms with Gasteiger partial charge in [-0.1, -0.05) is 12.1 Å². The van der Waals surface area contributed by atoms with Gasteiger partial charge in [0.15, 0.2) is 0 Å². The van der Waals surface area contributed by atoms with Crippen molar-refractivity contribution in [2.24, 2.45) is 0 Å². The van der Waals surface area contributed by atoms with E-state index in [9.17, 15) is 9.65 Å². The lowest BCUT2D eigenvalue weighted by Crippen LogP contribution is -1.85. The second kappa shape index (κ2) is 5.73. The zero-order valence-corrected chi connectivity index (χ0v) is 11.6. The van der Waals surface area contributed by atoms with E-state index in [4.69, 9.17) is 4.42 Å². The van der Waals surface area contributed by atoms with Gasteiger partial charge in [-0.2, -0.15) is 5.26 Å². The molecule has 0 spiro atoms. The van der Waals surface area contributed by atoms with E-state index in [1.54, 1.807) is 41.8 Å². The minimum Gasteiger partial charge on any atom is -0.465 e. The molecule has 3 nitrogen and oxygen atoms in total. The molecule has 0 atom stereocenters. The third kappa shape index (κ3) is 2.76. The highest BCUT2D eigenvalue weighted by molar-refractivity contribution is 7.11. The Bertz CT molecular complexity index is 828. The van der Waals surface area contributed by atoms with E-state index < -0.39 is 0 Å². The third-order valence-electron chi connectivity index (χ3n) is 2.83. The van der Waals surface area contributed by atoms with Gasteiger partial charge in [0.1, 0.15) is 22.7 Å². The molecule has 21 heavy (non-hydrogen) atoms. The monoisotopic (exact) mass is 296 g/mol. The summed E-state index contributed by atoms with van der Waals surface area (Å²) in [6, 6.07) is 12.0. The van der Waals surface area contributed by atoms with Crippen molar-refractivity contribution >= 4 is 23.0 Å². The number of thiazole rings is 1. The lowest BCUT2D eigenvalue weighted by Gasteiger charge is -1.97. The van der Waals surface area contributed by atoms with Crippen LogP contribution in [0.2, 0.25) is 0 Å². The van der Waals surface area contributed by atoms with Crippen molar-refractivity contribution in [2.75, 3.05) is 0 Å². The SMILES string of the molecule is N#C/C(=C\c1ccco1)c1nc(-c2ccccc2F)cs1. The van der Waals surface area contributed by atoms with Gasteiger partial charge in [0.05, 0.1) is 17.5 Å². The Balaban J connectivity index is 1.98. The normalized spacial score (nSPS) is 11.3. The first-order valence-electron chi connectivity index (χ1n) is 6.14. The van der Waals surface area contributed by atoms with E-state index in [0.29, 0.717) is 27.6 Å². The number of nitriles is 1. The maximum Gasteiger partial charge on any atom is 0.134 e. The molecule has 0 amide bonds. The van der Waals surface area contributed by atoms with Crippen molar-refractivity contribution in [1.29, 1.82) is 5.26 Å². The van der Waals surface area contributed by atoms with Crippen LogP contribution in [-0.2, 0) is 0 Å². The van der Waals surface area contributed by atoms with E-state index in [0.717, 1.165) is 0 Å². The molecule has 0 bridgehead atoms. The van der Waals surface area contributed by atoms with Crippen LogP contribution in [0.15, 0.2) is 52.5 Å². The van der Waals surface area contributed by atoms with Crippen molar-refractivity contribution in [2.45, 2.75) is 0 Å². The Labute approximate surface area is 124 Å². The summed E-state index contributed by atoms with van der Waals surface area (Å²) >= 11 is 1.30. The lowest BCUT2D eigenvalue weighted by atomic mass is 10.1. The molecule has 0 aliphatic carbocycles. The standard InChI is InChI=1S/C16H9FN2OS/c17-14-6-2-1-5-13(14)15-10-21-16(19-15)11(9-18)8-12-4-3-7-20-12/h1-8,10H/b11-8+. The predicted molar refractivity (Wildman–Crippen MR) is 79.7 cm³/mol. The van der Waals surface area contributed by atoms with Gasteiger partial charge < -0.3 is 4.42 Å². The molecule has 102 valence electrons. The van der Waals surface area contributed by atoms with Gasteiger partial charge in [0.25, 0.3) is 0 Å². The summed E-state index contributed by atoms with van der Waals surface area (Å²) < 4.78 is 18.9. The zero-order chi connectivity index (χ0) is 14.7. The summed E-state index contributed by atoms with van der Waals surface area (Å²) in [6.45, 7) is 0. The summed E-state index contributed by atoms with van der Waals surface area (Å²) in [5.41, 5.74) is 1.33. The van der Waals surface area contributed by atoms with Crippen LogP contribution in [0, 0.1) is 17.1 Å². The quantitative estimate of drug-likeness (QED) is 0.663. The first-order valence-corrected chi connectivity index (χ1v) is 7.02. The lowest BCUT2D eigenvalue weighted by molar-refractivity contribution is 0.557. The van der Waals surface area contributed by atoms with Crippen molar-refractivity contribution in [3.63, 3.8) is 0 Å². The molecule has 1 aromatic carbocycles. The van der Waals surface area contributed by atoms with Crippen LogP contribution in [0.4, 0.5) is 4.39 Å². The molecule has 2 aromatic heterocycles. The Kier molecular flexibility index (Phi) is 3.63. The summed E-state index contributed by atoms with van der Waals surface area (Å²) in [4.78, 5) is 4.34. The molecular weight excluding hydrogens is 287 g/mol. The molecule has 2 heterocycles. The fourth-order valence-electron chi connectivity index (χ4n) is 1.85. The number of aromatic nitrogens is 1. The minimum absolute atomic E-state index is 0.331. The topological polar surface area (TPSA) is 49.8 Å². The van der Waals surface area contributed by atoms with Crippen molar-refractivity contribution < 1.29 is 8.81 Å². The number of benzene rings is 1. The highest BCUT2D eigenvalue weighted by Gasteiger charge is 2.12. The third-order valence-corrected chi connectivity index (χ3v) is 3.71. The van der Waals surface area contributed by atoms with Gasteiger partial charge in [0, 0.05) is 17.0 Å². The first kappa shape index (κ1) is 13.3.